The van der Waals surface area contributed by atoms with E-state index in [0.29, 0.717) is 12.5 Å². The molecule has 0 spiro atoms. The molecule has 1 aromatic rings. The lowest BCUT2D eigenvalue weighted by molar-refractivity contribution is -0.121. The first-order valence-corrected chi connectivity index (χ1v) is 8.34. The Morgan fingerprint density at radius 1 is 1.18 bits per heavy atom. The van der Waals surface area contributed by atoms with Gasteiger partial charge in [-0.15, -0.1) is 12.4 Å². The lowest BCUT2D eigenvalue weighted by Gasteiger charge is -2.21. The van der Waals surface area contributed by atoms with E-state index in [1.165, 1.54) is 38.5 Å². The lowest BCUT2D eigenvalue weighted by Crippen LogP contribution is -2.31. The van der Waals surface area contributed by atoms with E-state index in [1.54, 1.807) is 0 Å². The highest BCUT2D eigenvalue weighted by molar-refractivity contribution is 5.85. The number of nitrogens with one attached hydrogen (secondary N) is 1. The van der Waals surface area contributed by atoms with Crippen molar-refractivity contribution < 1.29 is 4.79 Å². The molecule has 3 N–H and O–H groups in total. The molecule has 2 saturated carbocycles. The van der Waals surface area contributed by atoms with Crippen molar-refractivity contribution in [2.24, 2.45) is 17.6 Å². The molecule has 3 unspecified atom stereocenters. The average molecular weight is 323 g/mol. The summed E-state index contributed by atoms with van der Waals surface area (Å²) in [5.74, 6) is 1.70. The Morgan fingerprint density at radius 2 is 1.86 bits per heavy atom. The zero-order valence-corrected chi connectivity index (χ0v) is 13.9. The van der Waals surface area contributed by atoms with Crippen LogP contribution in [-0.4, -0.2) is 11.9 Å². The molecule has 3 rings (SSSR count). The Balaban J connectivity index is 0.00000176. The normalized spacial score (nSPS) is 25.9. The van der Waals surface area contributed by atoms with Crippen LogP contribution in [0, 0.1) is 11.8 Å². The van der Waals surface area contributed by atoms with Crippen molar-refractivity contribution >= 4 is 18.3 Å². The van der Waals surface area contributed by atoms with Crippen molar-refractivity contribution in [2.45, 2.75) is 57.0 Å². The SMILES string of the molecule is Cl.NC(CC(=O)NC1CC1C1CCCCC1)c1ccccc1. The molecule has 0 saturated heterocycles. The van der Waals surface area contributed by atoms with Crippen LogP contribution in [0.4, 0.5) is 0 Å². The van der Waals surface area contributed by atoms with E-state index in [-0.39, 0.29) is 24.4 Å². The molecule has 4 heteroatoms. The summed E-state index contributed by atoms with van der Waals surface area (Å²) in [6.07, 6.45) is 8.43. The molecule has 0 radical (unpaired) electrons. The van der Waals surface area contributed by atoms with E-state index in [1.807, 2.05) is 30.3 Å². The summed E-state index contributed by atoms with van der Waals surface area (Å²) in [7, 11) is 0. The predicted molar refractivity (Wildman–Crippen MR) is 91.8 cm³/mol. The molecule has 0 heterocycles. The van der Waals surface area contributed by atoms with Crippen molar-refractivity contribution in [3.63, 3.8) is 0 Å². The third-order valence-electron chi connectivity index (χ3n) is 5.07. The number of rotatable bonds is 5. The minimum atomic E-state index is -0.196. The first-order valence-electron chi connectivity index (χ1n) is 8.34. The van der Waals surface area contributed by atoms with Crippen molar-refractivity contribution in [1.82, 2.24) is 5.32 Å². The van der Waals surface area contributed by atoms with E-state index in [9.17, 15) is 4.79 Å². The Hall–Kier alpha value is -1.06. The molecule has 3 nitrogen and oxygen atoms in total. The van der Waals surface area contributed by atoms with Gasteiger partial charge in [-0.3, -0.25) is 4.79 Å². The summed E-state index contributed by atoms with van der Waals surface area (Å²) in [6, 6.07) is 10.1. The van der Waals surface area contributed by atoms with E-state index in [2.05, 4.69) is 5.32 Å². The van der Waals surface area contributed by atoms with E-state index in [4.69, 9.17) is 5.73 Å². The molecule has 2 aliphatic carbocycles. The van der Waals surface area contributed by atoms with E-state index in [0.717, 1.165) is 17.4 Å². The Labute approximate surface area is 139 Å². The summed E-state index contributed by atoms with van der Waals surface area (Å²) < 4.78 is 0. The summed E-state index contributed by atoms with van der Waals surface area (Å²) in [5, 5.41) is 3.18. The quantitative estimate of drug-likeness (QED) is 0.870. The molecular weight excluding hydrogens is 296 g/mol. The molecule has 2 fully saturated rings. The van der Waals surface area contributed by atoms with Gasteiger partial charge < -0.3 is 11.1 Å². The van der Waals surface area contributed by atoms with Crippen LogP contribution < -0.4 is 11.1 Å². The summed E-state index contributed by atoms with van der Waals surface area (Å²) >= 11 is 0. The van der Waals surface area contributed by atoms with Gasteiger partial charge in [0.25, 0.3) is 0 Å². The zero-order chi connectivity index (χ0) is 14.7. The molecule has 3 atom stereocenters. The predicted octanol–water partition coefficient (Wildman–Crippen LogP) is 3.58. The van der Waals surface area contributed by atoms with Crippen molar-refractivity contribution in [2.75, 3.05) is 0 Å². The van der Waals surface area contributed by atoms with Crippen LogP contribution in [0.3, 0.4) is 0 Å². The zero-order valence-electron chi connectivity index (χ0n) is 13.0. The van der Waals surface area contributed by atoms with Crippen molar-refractivity contribution in [3.8, 4) is 0 Å². The summed E-state index contributed by atoms with van der Waals surface area (Å²) in [4.78, 5) is 12.1. The van der Waals surface area contributed by atoms with Crippen LogP contribution in [0.2, 0.25) is 0 Å². The monoisotopic (exact) mass is 322 g/mol. The van der Waals surface area contributed by atoms with Crippen LogP contribution in [-0.2, 0) is 4.79 Å². The van der Waals surface area contributed by atoms with Crippen LogP contribution in [0.25, 0.3) is 0 Å². The van der Waals surface area contributed by atoms with Gasteiger partial charge in [-0.05, 0) is 23.8 Å². The second kappa shape index (κ2) is 7.98. The summed E-state index contributed by atoms with van der Waals surface area (Å²) in [5.41, 5.74) is 7.14. The smallest absolute Gasteiger partial charge is 0.222 e. The van der Waals surface area contributed by atoms with Gasteiger partial charge in [-0.2, -0.15) is 0 Å². The number of amides is 1. The van der Waals surface area contributed by atoms with Gasteiger partial charge in [0.05, 0.1) is 0 Å². The van der Waals surface area contributed by atoms with Gasteiger partial charge in [-0.1, -0.05) is 62.4 Å². The fourth-order valence-corrected chi connectivity index (χ4v) is 3.75. The molecule has 22 heavy (non-hydrogen) atoms. The molecule has 0 aromatic heterocycles. The Bertz CT molecular complexity index is 473. The number of carbonyl (C=O) groups is 1. The highest BCUT2D eigenvalue weighted by Gasteiger charge is 2.43. The molecule has 1 aromatic carbocycles. The van der Waals surface area contributed by atoms with Gasteiger partial charge in [0, 0.05) is 18.5 Å². The number of hydrogen-bond donors (Lipinski definition) is 2. The highest BCUT2D eigenvalue weighted by atomic mass is 35.5. The Morgan fingerprint density at radius 3 is 2.55 bits per heavy atom. The molecule has 1 amide bonds. The van der Waals surface area contributed by atoms with Gasteiger partial charge in [0.1, 0.15) is 0 Å². The maximum absolute atomic E-state index is 12.1. The summed E-state index contributed by atoms with van der Waals surface area (Å²) in [6.45, 7) is 0. The first-order chi connectivity index (χ1) is 10.2. The first kappa shape index (κ1) is 17.3. The molecular formula is C18H27ClN2O. The average Bonchev–Trinajstić information content (AvgIpc) is 3.28. The van der Waals surface area contributed by atoms with Crippen molar-refractivity contribution in [1.29, 1.82) is 0 Å². The third kappa shape index (κ3) is 4.47. The molecule has 2 aliphatic rings. The van der Waals surface area contributed by atoms with Gasteiger partial charge in [0.2, 0.25) is 5.91 Å². The number of carbonyl (C=O) groups excluding carboxylic acids is 1. The maximum atomic E-state index is 12.1. The standard InChI is InChI=1S/C18H26N2O.ClH/c19-16(14-9-5-2-6-10-14)12-18(21)20-17-11-15(17)13-7-3-1-4-8-13;/h2,5-6,9-10,13,15-17H,1,3-4,7-8,11-12,19H2,(H,20,21);1H. The van der Waals surface area contributed by atoms with Crippen LogP contribution in [0.5, 0.6) is 0 Å². The number of nitrogens with two attached hydrogens (primary N) is 1. The second-order valence-electron chi connectivity index (χ2n) is 6.69. The lowest BCUT2D eigenvalue weighted by atomic mass is 9.85. The second-order valence-corrected chi connectivity index (χ2v) is 6.69. The number of benzene rings is 1. The van der Waals surface area contributed by atoms with Gasteiger partial charge in [0.15, 0.2) is 0 Å². The van der Waals surface area contributed by atoms with Crippen LogP contribution in [0.15, 0.2) is 30.3 Å². The maximum Gasteiger partial charge on any atom is 0.222 e. The minimum absolute atomic E-state index is 0. The fourth-order valence-electron chi connectivity index (χ4n) is 3.75. The fraction of sp³-hybridized carbons (Fsp3) is 0.611. The van der Waals surface area contributed by atoms with E-state index < -0.39 is 0 Å². The van der Waals surface area contributed by atoms with E-state index >= 15 is 0 Å². The highest BCUT2D eigenvalue weighted by Crippen LogP contribution is 2.44. The topological polar surface area (TPSA) is 55.1 Å². The third-order valence-corrected chi connectivity index (χ3v) is 5.07. The Kier molecular flexibility index (Phi) is 6.27. The minimum Gasteiger partial charge on any atom is -0.353 e. The van der Waals surface area contributed by atoms with Gasteiger partial charge in [-0.25, -0.2) is 0 Å². The van der Waals surface area contributed by atoms with Crippen LogP contribution >= 0.6 is 12.4 Å². The van der Waals surface area contributed by atoms with Crippen LogP contribution in [0.1, 0.15) is 56.6 Å². The van der Waals surface area contributed by atoms with Gasteiger partial charge >= 0.3 is 0 Å². The number of halogens is 1. The molecule has 0 aliphatic heterocycles. The molecule has 122 valence electrons. The van der Waals surface area contributed by atoms with Crippen molar-refractivity contribution in [3.05, 3.63) is 35.9 Å². The number of hydrogen-bond acceptors (Lipinski definition) is 2. The largest absolute Gasteiger partial charge is 0.353 e. The molecule has 0 bridgehead atoms.